The zero-order chi connectivity index (χ0) is 22.0. The van der Waals surface area contributed by atoms with Crippen LogP contribution in [0.4, 0.5) is 5.13 Å². The first kappa shape index (κ1) is 22.1. The van der Waals surface area contributed by atoms with Gasteiger partial charge in [-0.1, -0.05) is 17.4 Å². The summed E-state index contributed by atoms with van der Waals surface area (Å²) >= 11 is 3.07. The fourth-order valence-corrected chi connectivity index (χ4v) is 6.60. The number of hydrogen-bond donors (Lipinski definition) is 1. The summed E-state index contributed by atoms with van der Waals surface area (Å²) in [4.78, 5) is 18.6. The Hall–Kier alpha value is -2.14. The van der Waals surface area contributed by atoms with Crippen molar-refractivity contribution in [3.63, 3.8) is 0 Å². The Balaban J connectivity index is 1.39. The topological polar surface area (TPSA) is 88.6 Å². The summed E-state index contributed by atoms with van der Waals surface area (Å²) < 4.78 is 33.3. The van der Waals surface area contributed by atoms with E-state index >= 15 is 0 Å². The second kappa shape index (κ2) is 9.15. The summed E-state index contributed by atoms with van der Waals surface area (Å²) in [5.41, 5.74) is 0.899. The summed E-state index contributed by atoms with van der Waals surface area (Å²) in [5.74, 6) is 0.259. The summed E-state index contributed by atoms with van der Waals surface area (Å²) in [7, 11) is -2.05. The third-order valence-electron chi connectivity index (χ3n) is 5.35. The molecule has 2 aromatic carbocycles. The van der Waals surface area contributed by atoms with Crippen LogP contribution in [-0.4, -0.2) is 50.1 Å². The first-order valence-electron chi connectivity index (χ1n) is 9.81. The van der Waals surface area contributed by atoms with E-state index in [-0.39, 0.29) is 16.7 Å². The molecule has 4 rings (SSSR count). The number of fused-ring (bicyclic) bond motifs is 1. The molecule has 7 nitrogen and oxygen atoms in total. The zero-order valence-corrected chi connectivity index (χ0v) is 19.6. The van der Waals surface area contributed by atoms with Gasteiger partial charge in [-0.25, -0.2) is 13.4 Å². The average molecular weight is 478 g/mol. The minimum absolute atomic E-state index is 0.105. The molecular weight excluding hydrogens is 454 g/mol. The maximum Gasteiger partial charge on any atom is 0.243 e. The number of ether oxygens (including phenoxy) is 1. The van der Waals surface area contributed by atoms with Crippen molar-refractivity contribution < 1.29 is 17.9 Å². The van der Waals surface area contributed by atoms with Crippen molar-refractivity contribution >= 4 is 54.4 Å². The molecule has 0 bridgehead atoms. The van der Waals surface area contributed by atoms with Gasteiger partial charge in [0.25, 0.3) is 0 Å². The van der Waals surface area contributed by atoms with E-state index in [1.807, 2.05) is 24.5 Å². The highest BCUT2D eigenvalue weighted by molar-refractivity contribution is 7.98. The first-order valence-corrected chi connectivity index (χ1v) is 13.3. The number of rotatable bonds is 6. The molecule has 1 aromatic heterocycles. The minimum atomic E-state index is -3.59. The van der Waals surface area contributed by atoms with E-state index in [1.54, 1.807) is 36.0 Å². The Labute approximate surface area is 189 Å². The van der Waals surface area contributed by atoms with Crippen molar-refractivity contribution in [1.29, 1.82) is 0 Å². The molecule has 1 N–H and O–H groups in total. The van der Waals surface area contributed by atoms with Gasteiger partial charge in [0.05, 0.1) is 22.2 Å². The van der Waals surface area contributed by atoms with E-state index in [0.29, 0.717) is 36.8 Å². The number of nitrogens with one attached hydrogen (secondary N) is 1. The van der Waals surface area contributed by atoms with Crippen molar-refractivity contribution in [1.82, 2.24) is 9.29 Å². The number of sulfonamides is 1. The Morgan fingerprint density at radius 1 is 1.19 bits per heavy atom. The van der Waals surface area contributed by atoms with E-state index in [2.05, 4.69) is 10.3 Å². The number of aromatic nitrogens is 1. The van der Waals surface area contributed by atoms with Crippen LogP contribution in [0.2, 0.25) is 0 Å². The van der Waals surface area contributed by atoms with Gasteiger partial charge >= 0.3 is 0 Å². The lowest BCUT2D eigenvalue weighted by Crippen LogP contribution is -2.41. The van der Waals surface area contributed by atoms with Gasteiger partial charge < -0.3 is 10.1 Å². The number of amides is 1. The zero-order valence-electron chi connectivity index (χ0n) is 17.2. The minimum Gasteiger partial charge on any atom is -0.497 e. The standard InChI is InChI=1S/C21H23N3O4S3/c1-28-15-6-8-16(9-7-15)31(26,27)24-12-10-14(11-13-24)20(25)23-21-22-19-17(29-2)4-3-5-18(19)30-21/h3-9,14H,10-13H2,1-2H3,(H,22,23,25). The molecule has 0 unspecified atom stereocenters. The van der Waals surface area contributed by atoms with Gasteiger partial charge in [0.2, 0.25) is 15.9 Å². The Bertz CT molecular complexity index is 1180. The molecule has 0 saturated carbocycles. The molecule has 164 valence electrons. The van der Waals surface area contributed by atoms with E-state index in [9.17, 15) is 13.2 Å². The molecule has 0 radical (unpaired) electrons. The van der Waals surface area contributed by atoms with Crippen molar-refractivity contribution in [2.75, 3.05) is 31.8 Å². The summed E-state index contributed by atoms with van der Waals surface area (Å²) in [6.45, 7) is 0.617. The van der Waals surface area contributed by atoms with Crippen LogP contribution < -0.4 is 10.1 Å². The predicted molar refractivity (Wildman–Crippen MR) is 125 cm³/mol. The third-order valence-corrected chi connectivity index (χ3v) is 8.97. The number of carbonyl (C=O) groups excluding carboxylic acids is 1. The Morgan fingerprint density at radius 2 is 1.90 bits per heavy atom. The van der Waals surface area contributed by atoms with Crippen LogP contribution in [0.15, 0.2) is 52.3 Å². The molecule has 1 saturated heterocycles. The molecule has 2 heterocycles. The van der Waals surface area contributed by atoms with Crippen LogP contribution in [0.25, 0.3) is 10.2 Å². The molecule has 0 atom stereocenters. The highest BCUT2D eigenvalue weighted by Crippen LogP contribution is 2.33. The number of benzene rings is 2. The highest BCUT2D eigenvalue weighted by atomic mass is 32.2. The van der Waals surface area contributed by atoms with Crippen LogP contribution in [0, 0.1) is 5.92 Å². The van der Waals surface area contributed by atoms with Gasteiger partial charge in [0, 0.05) is 23.9 Å². The van der Waals surface area contributed by atoms with Crippen LogP contribution in [0.1, 0.15) is 12.8 Å². The lowest BCUT2D eigenvalue weighted by molar-refractivity contribution is -0.120. The molecule has 31 heavy (non-hydrogen) atoms. The first-order chi connectivity index (χ1) is 14.9. The molecule has 0 aliphatic carbocycles. The van der Waals surface area contributed by atoms with E-state index in [0.717, 1.165) is 15.1 Å². The van der Waals surface area contributed by atoms with Crippen LogP contribution >= 0.6 is 23.1 Å². The summed E-state index contributed by atoms with van der Waals surface area (Å²) in [5, 5.41) is 3.51. The van der Waals surface area contributed by atoms with E-state index in [1.165, 1.54) is 22.8 Å². The van der Waals surface area contributed by atoms with Crippen molar-refractivity contribution in [2.45, 2.75) is 22.6 Å². The number of para-hydroxylation sites is 1. The largest absolute Gasteiger partial charge is 0.497 e. The van der Waals surface area contributed by atoms with Crippen molar-refractivity contribution in [3.8, 4) is 5.75 Å². The van der Waals surface area contributed by atoms with Gasteiger partial charge in [-0.2, -0.15) is 4.31 Å². The smallest absolute Gasteiger partial charge is 0.243 e. The number of thioether (sulfide) groups is 1. The molecule has 0 spiro atoms. The SMILES string of the molecule is COc1ccc(S(=O)(=O)N2CCC(C(=O)Nc3nc4c(SC)cccc4s3)CC2)cc1. The predicted octanol–water partition coefficient (Wildman–Crippen LogP) is 4.07. The molecule has 1 amide bonds. The second-order valence-corrected chi connectivity index (χ2v) is 11.0. The van der Waals surface area contributed by atoms with Crippen molar-refractivity contribution in [2.24, 2.45) is 5.92 Å². The van der Waals surface area contributed by atoms with Crippen LogP contribution in [0.5, 0.6) is 5.75 Å². The average Bonchev–Trinajstić information content (AvgIpc) is 3.21. The van der Waals surface area contributed by atoms with Gasteiger partial charge in [-0.15, -0.1) is 11.8 Å². The molecular formula is C21H23N3O4S3. The van der Waals surface area contributed by atoms with Crippen molar-refractivity contribution in [3.05, 3.63) is 42.5 Å². The number of anilines is 1. The Kier molecular flexibility index (Phi) is 6.52. The summed E-state index contributed by atoms with van der Waals surface area (Å²) in [6, 6.07) is 12.3. The molecule has 1 fully saturated rings. The fourth-order valence-electron chi connectivity index (χ4n) is 3.60. The highest BCUT2D eigenvalue weighted by Gasteiger charge is 2.32. The number of piperidine rings is 1. The van der Waals surface area contributed by atoms with Crippen LogP contribution in [0.3, 0.4) is 0 Å². The monoisotopic (exact) mass is 477 g/mol. The molecule has 10 heteroatoms. The number of nitrogens with zero attached hydrogens (tertiary/aromatic N) is 2. The normalized spacial score (nSPS) is 15.8. The van der Waals surface area contributed by atoms with Gasteiger partial charge in [0.1, 0.15) is 5.75 Å². The lowest BCUT2D eigenvalue weighted by Gasteiger charge is -2.30. The van der Waals surface area contributed by atoms with Gasteiger partial charge in [-0.05, 0) is 55.5 Å². The number of thiazole rings is 1. The molecule has 3 aromatic rings. The van der Waals surface area contributed by atoms with E-state index < -0.39 is 10.0 Å². The number of hydrogen-bond acceptors (Lipinski definition) is 7. The quantitative estimate of drug-likeness (QED) is 0.539. The van der Waals surface area contributed by atoms with Gasteiger partial charge in [-0.3, -0.25) is 4.79 Å². The fraction of sp³-hybridized carbons (Fsp3) is 0.333. The van der Waals surface area contributed by atoms with E-state index in [4.69, 9.17) is 4.74 Å². The lowest BCUT2D eigenvalue weighted by atomic mass is 9.97. The van der Waals surface area contributed by atoms with Crippen LogP contribution in [-0.2, 0) is 14.8 Å². The second-order valence-electron chi connectivity index (χ2n) is 7.17. The Morgan fingerprint density at radius 3 is 2.55 bits per heavy atom. The number of methoxy groups -OCH3 is 1. The number of carbonyl (C=O) groups is 1. The molecule has 1 aliphatic rings. The molecule has 1 aliphatic heterocycles. The maximum absolute atomic E-state index is 12.9. The summed E-state index contributed by atoms with van der Waals surface area (Å²) in [6.07, 6.45) is 2.95. The van der Waals surface area contributed by atoms with Gasteiger partial charge in [0.15, 0.2) is 5.13 Å². The third kappa shape index (κ3) is 4.57. The maximum atomic E-state index is 12.9.